The number of ether oxygens (including phenoxy) is 2. The lowest BCUT2D eigenvalue weighted by atomic mass is 9.55. The molecule has 0 spiro atoms. The second kappa shape index (κ2) is 10.2. The van der Waals surface area contributed by atoms with Crippen molar-refractivity contribution in [2.75, 3.05) is 14.2 Å². The molecular formula is C32H37N3O4. The van der Waals surface area contributed by atoms with Crippen molar-refractivity contribution in [3.63, 3.8) is 0 Å². The van der Waals surface area contributed by atoms with Gasteiger partial charge in [-0.05, 0) is 97.6 Å². The minimum atomic E-state index is -0.353. The van der Waals surface area contributed by atoms with Gasteiger partial charge in [0.15, 0.2) is 0 Å². The number of carbonyl (C=O) groups excluding carboxylic acids is 2. The molecule has 3 unspecified atom stereocenters. The molecule has 1 heterocycles. The number of carbonyl (C=O) groups is 2. The van der Waals surface area contributed by atoms with Crippen molar-refractivity contribution in [2.45, 2.75) is 70.8 Å². The van der Waals surface area contributed by atoms with Gasteiger partial charge < -0.3 is 9.47 Å². The van der Waals surface area contributed by atoms with Crippen LogP contribution < -0.4 is 4.74 Å². The highest BCUT2D eigenvalue weighted by molar-refractivity contribution is 5.89. The van der Waals surface area contributed by atoms with Gasteiger partial charge in [0.25, 0.3) is 0 Å². The summed E-state index contributed by atoms with van der Waals surface area (Å²) in [4.78, 5) is 24.4. The number of ketones is 1. The van der Waals surface area contributed by atoms with Gasteiger partial charge in [0.1, 0.15) is 17.2 Å². The first-order valence-corrected chi connectivity index (χ1v) is 14.2. The number of rotatable bonds is 7. The molecule has 0 aliphatic heterocycles. The summed E-state index contributed by atoms with van der Waals surface area (Å²) in [6, 6.07) is 11.9. The second-order valence-electron chi connectivity index (χ2n) is 11.7. The van der Waals surface area contributed by atoms with Crippen LogP contribution in [0.4, 0.5) is 0 Å². The standard InChI is InChI=1S/C32H37N3O4/c1-32-15-14-24-25(27(32)12-13-30(32)36)11-10-22-18-29(38-2)23(17-26(22)24)5-4-16-35-19-28(33-34-35)20-6-8-21(9-7-20)31(37)39-3/h6-9,17-19,24-25,27H,4-5,10-16H2,1-3H3/t24?,25?,27?,32-/m0/s1. The molecule has 39 heavy (non-hydrogen) atoms. The van der Waals surface area contributed by atoms with Crippen molar-refractivity contribution in [2.24, 2.45) is 17.3 Å². The predicted octanol–water partition coefficient (Wildman–Crippen LogP) is 5.80. The number of benzene rings is 2. The minimum absolute atomic E-state index is 0.0893. The van der Waals surface area contributed by atoms with Crippen LogP contribution in [0.5, 0.6) is 5.75 Å². The molecule has 0 radical (unpaired) electrons. The maximum absolute atomic E-state index is 12.7. The van der Waals surface area contributed by atoms with E-state index < -0.39 is 0 Å². The van der Waals surface area contributed by atoms with E-state index in [-0.39, 0.29) is 11.4 Å². The van der Waals surface area contributed by atoms with Gasteiger partial charge in [0.2, 0.25) is 0 Å². The molecule has 1 aromatic heterocycles. The first-order valence-electron chi connectivity index (χ1n) is 14.2. The lowest BCUT2D eigenvalue weighted by Gasteiger charge is -2.48. The number of aryl methyl sites for hydroxylation is 3. The number of methoxy groups -OCH3 is 2. The zero-order valence-electron chi connectivity index (χ0n) is 23.1. The molecule has 0 amide bonds. The molecule has 3 aromatic rings. The molecule has 4 atom stereocenters. The molecule has 7 heteroatoms. The normalized spacial score (nSPS) is 25.5. The van der Waals surface area contributed by atoms with Crippen LogP contribution in [0.2, 0.25) is 0 Å². The van der Waals surface area contributed by atoms with Gasteiger partial charge in [-0.25, -0.2) is 4.79 Å². The summed E-state index contributed by atoms with van der Waals surface area (Å²) < 4.78 is 12.5. The van der Waals surface area contributed by atoms with E-state index in [9.17, 15) is 9.59 Å². The Labute approximate surface area is 229 Å². The van der Waals surface area contributed by atoms with Crippen molar-refractivity contribution >= 4 is 11.8 Å². The lowest BCUT2D eigenvalue weighted by molar-refractivity contribution is -0.129. The predicted molar refractivity (Wildman–Crippen MR) is 148 cm³/mol. The van der Waals surface area contributed by atoms with Crippen molar-refractivity contribution in [1.29, 1.82) is 0 Å². The zero-order chi connectivity index (χ0) is 27.1. The van der Waals surface area contributed by atoms with Crippen LogP contribution in [0, 0.1) is 17.3 Å². The molecule has 3 aliphatic rings. The van der Waals surface area contributed by atoms with Gasteiger partial charge in [-0.2, -0.15) is 0 Å². The monoisotopic (exact) mass is 527 g/mol. The number of esters is 1. The number of hydrogen-bond acceptors (Lipinski definition) is 6. The van der Waals surface area contributed by atoms with Gasteiger partial charge in [-0.3, -0.25) is 9.48 Å². The van der Waals surface area contributed by atoms with Gasteiger partial charge in [0.05, 0.1) is 26.0 Å². The highest BCUT2D eigenvalue weighted by Crippen LogP contribution is 2.59. The van der Waals surface area contributed by atoms with Crippen LogP contribution in [0.15, 0.2) is 42.6 Å². The third-order valence-corrected chi connectivity index (χ3v) is 9.81. The summed E-state index contributed by atoms with van der Waals surface area (Å²) >= 11 is 0. The van der Waals surface area contributed by atoms with E-state index in [1.54, 1.807) is 19.2 Å². The lowest BCUT2D eigenvalue weighted by Crippen LogP contribution is -2.42. The summed E-state index contributed by atoms with van der Waals surface area (Å²) in [5.74, 6) is 2.86. The van der Waals surface area contributed by atoms with E-state index in [2.05, 4.69) is 29.4 Å². The van der Waals surface area contributed by atoms with E-state index in [1.807, 2.05) is 23.0 Å². The van der Waals surface area contributed by atoms with Crippen LogP contribution in [-0.4, -0.2) is 41.0 Å². The van der Waals surface area contributed by atoms with E-state index in [4.69, 9.17) is 9.47 Å². The molecule has 3 aliphatic carbocycles. The van der Waals surface area contributed by atoms with Crippen molar-refractivity contribution in [3.05, 3.63) is 64.8 Å². The number of aromatic nitrogens is 3. The van der Waals surface area contributed by atoms with Crippen molar-refractivity contribution < 1.29 is 19.1 Å². The van der Waals surface area contributed by atoms with Crippen LogP contribution in [0.3, 0.4) is 0 Å². The molecule has 2 saturated carbocycles. The summed E-state index contributed by atoms with van der Waals surface area (Å²) in [6.07, 6.45) is 10.0. The van der Waals surface area contributed by atoms with Gasteiger partial charge in [-0.1, -0.05) is 30.3 Å². The fraction of sp³-hybridized carbons (Fsp3) is 0.500. The van der Waals surface area contributed by atoms with E-state index in [0.29, 0.717) is 29.1 Å². The van der Waals surface area contributed by atoms with E-state index in [1.165, 1.54) is 30.2 Å². The average Bonchev–Trinajstić information content (AvgIpc) is 3.56. The Morgan fingerprint density at radius 2 is 1.92 bits per heavy atom. The topological polar surface area (TPSA) is 83.3 Å². The molecule has 0 N–H and O–H groups in total. The Morgan fingerprint density at radius 1 is 1.10 bits per heavy atom. The van der Waals surface area contributed by atoms with E-state index >= 15 is 0 Å². The first-order chi connectivity index (χ1) is 18.9. The molecule has 0 saturated heterocycles. The third-order valence-electron chi connectivity index (χ3n) is 9.81. The Hall–Kier alpha value is -3.48. The van der Waals surface area contributed by atoms with Gasteiger partial charge in [0, 0.05) is 23.9 Å². The molecule has 0 bridgehead atoms. The van der Waals surface area contributed by atoms with Crippen LogP contribution in [-0.2, 0) is 28.9 Å². The van der Waals surface area contributed by atoms with Gasteiger partial charge >= 0.3 is 5.97 Å². The fourth-order valence-electron chi connectivity index (χ4n) is 7.67. The zero-order valence-corrected chi connectivity index (χ0v) is 23.1. The largest absolute Gasteiger partial charge is 0.496 e. The third kappa shape index (κ3) is 4.56. The Morgan fingerprint density at radius 3 is 2.69 bits per heavy atom. The quantitative estimate of drug-likeness (QED) is 0.361. The van der Waals surface area contributed by atoms with Gasteiger partial charge in [-0.15, -0.1) is 5.10 Å². The first kappa shape index (κ1) is 25.8. The maximum Gasteiger partial charge on any atom is 0.337 e. The van der Waals surface area contributed by atoms with E-state index in [0.717, 1.165) is 68.5 Å². The fourth-order valence-corrected chi connectivity index (χ4v) is 7.67. The molecule has 2 aromatic carbocycles. The summed E-state index contributed by atoms with van der Waals surface area (Å²) in [5, 5.41) is 8.65. The number of fused-ring (bicyclic) bond motifs is 5. The van der Waals surface area contributed by atoms with Crippen LogP contribution >= 0.6 is 0 Å². The molecule has 7 nitrogen and oxygen atoms in total. The molecular weight excluding hydrogens is 490 g/mol. The maximum atomic E-state index is 12.7. The minimum Gasteiger partial charge on any atom is -0.496 e. The van der Waals surface area contributed by atoms with Crippen LogP contribution in [0.1, 0.15) is 78.4 Å². The summed E-state index contributed by atoms with van der Waals surface area (Å²) in [7, 11) is 3.14. The average molecular weight is 528 g/mol. The number of hydrogen-bond donors (Lipinski definition) is 0. The van der Waals surface area contributed by atoms with Crippen molar-refractivity contribution in [1.82, 2.24) is 15.0 Å². The Bertz CT molecular complexity index is 1390. The number of Topliss-reactive ketones (excluding diaryl/α,β-unsaturated/α-hetero) is 1. The Kier molecular flexibility index (Phi) is 6.77. The highest BCUT2D eigenvalue weighted by Gasteiger charge is 2.54. The Balaban J connectivity index is 1.14. The highest BCUT2D eigenvalue weighted by atomic mass is 16.5. The van der Waals surface area contributed by atoms with Crippen molar-refractivity contribution in [3.8, 4) is 17.0 Å². The number of nitrogens with zero attached hydrogens (tertiary/aromatic N) is 3. The molecule has 2 fully saturated rings. The molecule has 204 valence electrons. The summed E-state index contributed by atoms with van der Waals surface area (Å²) in [6.45, 7) is 2.99. The second-order valence-corrected chi connectivity index (χ2v) is 11.7. The summed E-state index contributed by atoms with van der Waals surface area (Å²) in [5.41, 5.74) is 6.30. The molecule has 6 rings (SSSR count). The SMILES string of the molecule is COC(=O)c1ccc(-c2cn(CCCc3cc4c(cc3OC)CCC3C4CC[C@]4(C)C(=O)CCC34)nn2)cc1. The smallest absolute Gasteiger partial charge is 0.337 e. The van der Waals surface area contributed by atoms with Crippen LogP contribution in [0.25, 0.3) is 11.3 Å².